The van der Waals surface area contributed by atoms with Crippen LogP contribution in [0.5, 0.6) is 0 Å². The molecule has 20 heavy (non-hydrogen) atoms. The number of thioether (sulfide) groups is 2. The topological polar surface area (TPSA) is 90.2 Å². The van der Waals surface area contributed by atoms with Gasteiger partial charge in [-0.05, 0) is 24.3 Å². The monoisotopic (exact) mass is 328 g/mol. The molecule has 0 aliphatic rings. The van der Waals surface area contributed by atoms with Gasteiger partial charge in [0.25, 0.3) is 0 Å². The van der Waals surface area contributed by atoms with Gasteiger partial charge in [0, 0.05) is 7.11 Å². The maximum atomic E-state index is 10.4. The van der Waals surface area contributed by atoms with Crippen LogP contribution in [0.15, 0.2) is 0 Å². The zero-order chi connectivity index (χ0) is 15.5. The minimum Gasteiger partial charge on any atom is -0.394 e. The number of hydrogen-bond acceptors (Lipinski definition) is 7. The van der Waals surface area contributed by atoms with E-state index in [9.17, 15) is 15.3 Å². The summed E-state index contributed by atoms with van der Waals surface area (Å²) in [6.07, 6.45) is -2.46. The molecular weight excluding hydrogens is 300 g/mol. The summed E-state index contributed by atoms with van der Waals surface area (Å²) < 4.78 is 5.02. The van der Waals surface area contributed by atoms with E-state index in [1.807, 2.05) is 0 Å². The van der Waals surface area contributed by atoms with Crippen LogP contribution in [0.4, 0.5) is 0 Å². The van der Waals surface area contributed by atoms with E-state index in [0.29, 0.717) is 0 Å². The molecule has 0 spiro atoms. The molecule has 4 atom stereocenters. The van der Waals surface area contributed by atoms with Gasteiger partial charge < -0.3 is 25.2 Å². The molecule has 122 valence electrons. The normalized spacial score (nSPS) is 18.0. The largest absolute Gasteiger partial charge is 0.394 e. The summed E-state index contributed by atoms with van der Waals surface area (Å²) in [5.41, 5.74) is 0. The van der Waals surface area contributed by atoms with Gasteiger partial charge in [-0.3, -0.25) is 0 Å². The maximum Gasteiger partial charge on any atom is 0.113 e. The van der Waals surface area contributed by atoms with E-state index in [1.165, 1.54) is 7.11 Å². The zero-order valence-electron chi connectivity index (χ0n) is 12.4. The number of ether oxygens (including phenoxy) is 1. The van der Waals surface area contributed by atoms with E-state index in [-0.39, 0.29) is 4.58 Å². The van der Waals surface area contributed by atoms with Gasteiger partial charge in [-0.25, -0.2) is 0 Å². The molecule has 0 radical (unpaired) electrons. The van der Waals surface area contributed by atoms with Gasteiger partial charge in [0.2, 0.25) is 0 Å². The van der Waals surface area contributed by atoms with Gasteiger partial charge in [-0.15, -0.1) is 23.5 Å². The summed E-state index contributed by atoms with van der Waals surface area (Å²) in [5, 5.41) is 38.8. The number of aliphatic hydroxyl groups excluding tert-OH is 4. The lowest BCUT2D eigenvalue weighted by Crippen LogP contribution is -2.49. The van der Waals surface area contributed by atoms with E-state index in [2.05, 4.69) is 13.8 Å². The molecule has 0 saturated carbocycles. The second kappa shape index (κ2) is 12.1. The standard InChI is InChI=1S/C13H28O5S2/c1-4-6-19-13(20-7-5-2)11(17)12(18-3)10(16)9(15)8-14/h9-17H,4-8H2,1-3H3/t9-,10-,11-,12+/m1/s1. The Morgan fingerprint density at radius 3 is 1.80 bits per heavy atom. The number of rotatable bonds is 12. The lowest BCUT2D eigenvalue weighted by Gasteiger charge is -2.32. The van der Waals surface area contributed by atoms with Gasteiger partial charge in [0.1, 0.15) is 24.4 Å². The Bertz CT molecular complexity index is 225. The predicted octanol–water partition coefficient (Wildman–Crippen LogP) is 0.689. The van der Waals surface area contributed by atoms with Gasteiger partial charge in [-0.2, -0.15) is 0 Å². The first-order valence-corrected chi connectivity index (χ1v) is 9.04. The van der Waals surface area contributed by atoms with Crippen molar-refractivity contribution in [3.05, 3.63) is 0 Å². The fourth-order valence-corrected chi connectivity index (χ4v) is 4.28. The van der Waals surface area contributed by atoms with Crippen molar-refractivity contribution in [1.29, 1.82) is 0 Å². The van der Waals surface area contributed by atoms with Crippen LogP contribution < -0.4 is 0 Å². The summed E-state index contributed by atoms with van der Waals surface area (Å²) in [4.78, 5) is 0. The Morgan fingerprint density at radius 1 is 0.950 bits per heavy atom. The molecule has 0 fully saturated rings. The Labute approximate surface area is 130 Å². The SMILES string of the molecule is CCCSC(SCCC)[C@H](O)[C@@H](OC)[C@H](O)[C@H](O)CO. The first kappa shape index (κ1) is 20.5. The molecule has 0 aliphatic heterocycles. The lowest BCUT2D eigenvalue weighted by atomic mass is 10.0. The molecule has 0 rings (SSSR count). The van der Waals surface area contributed by atoms with Crippen molar-refractivity contribution in [1.82, 2.24) is 0 Å². The molecule has 4 N–H and O–H groups in total. The molecule has 0 bridgehead atoms. The first-order chi connectivity index (χ1) is 9.53. The van der Waals surface area contributed by atoms with Crippen molar-refractivity contribution in [3.63, 3.8) is 0 Å². The third-order valence-corrected chi connectivity index (χ3v) is 6.10. The summed E-state index contributed by atoms with van der Waals surface area (Å²) >= 11 is 3.26. The summed E-state index contributed by atoms with van der Waals surface area (Å²) in [7, 11) is 1.38. The van der Waals surface area contributed by atoms with Crippen LogP contribution in [-0.4, -0.2) is 74.6 Å². The van der Waals surface area contributed by atoms with E-state index < -0.39 is 31.0 Å². The second-order valence-electron chi connectivity index (χ2n) is 4.54. The highest BCUT2D eigenvalue weighted by Gasteiger charge is 2.36. The van der Waals surface area contributed by atoms with Crippen molar-refractivity contribution in [2.24, 2.45) is 0 Å². The Morgan fingerprint density at radius 2 is 1.45 bits per heavy atom. The highest BCUT2D eigenvalue weighted by atomic mass is 32.2. The molecule has 0 aromatic heterocycles. The minimum absolute atomic E-state index is 0.125. The average Bonchev–Trinajstić information content (AvgIpc) is 2.46. The number of methoxy groups -OCH3 is 1. The second-order valence-corrected chi connectivity index (χ2v) is 7.34. The lowest BCUT2D eigenvalue weighted by molar-refractivity contribution is -0.125. The van der Waals surface area contributed by atoms with E-state index in [4.69, 9.17) is 9.84 Å². The van der Waals surface area contributed by atoms with Crippen molar-refractivity contribution < 1.29 is 25.2 Å². The van der Waals surface area contributed by atoms with Crippen LogP contribution in [-0.2, 0) is 4.74 Å². The highest BCUT2D eigenvalue weighted by molar-refractivity contribution is 8.17. The van der Waals surface area contributed by atoms with Crippen LogP contribution in [0, 0.1) is 0 Å². The number of aliphatic hydroxyl groups is 4. The summed E-state index contributed by atoms with van der Waals surface area (Å²) in [6.45, 7) is 3.57. The summed E-state index contributed by atoms with van der Waals surface area (Å²) in [5.74, 6) is 1.82. The van der Waals surface area contributed by atoms with Crippen molar-refractivity contribution >= 4 is 23.5 Å². The van der Waals surface area contributed by atoms with E-state index in [0.717, 1.165) is 24.3 Å². The smallest absolute Gasteiger partial charge is 0.113 e. The van der Waals surface area contributed by atoms with Crippen LogP contribution >= 0.6 is 23.5 Å². The third-order valence-electron chi connectivity index (χ3n) is 2.78. The minimum atomic E-state index is -1.32. The van der Waals surface area contributed by atoms with Crippen LogP contribution in [0.3, 0.4) is 0 Å². The first-order valence-electron chi connectivity index (χ1n) is 6.94. The van der Waals surface area contributed by atoms with Crippen LogP contribution in [0.2, 0.25) is 0 Å². The molecule has 5 nitrogen and oxygen atoms in total. The Kier molecular flexibility index (Phi) is 12.4. The molecule has 0 amide bonds. The zero-order valence-corrected chi connectivity index (χ0v) is 14.1. The van der Waals surface area contributed by atoms with Gasteiger partial charge in [0.05, 0.1) is 11.2 Å². The Hall–Kier alpha value is 0.500. The average molecular weight is 328 g/mol. The molecule has 0 unspecified atom stereocenters. The van der Waals surface area contributed by atoms with Crippen LogP contribution in [0.1, 0.15) is 26.7 Å². The maximum absolute atomic E-state index is 10.4. The molecule has 0 aromatic carbocycles. The third kappa shape index (κ3) is 6.98. The molecule has 0 aliphatic carbocycles. The van der Waals surface area contributed by atoms with Crippen molar-refractivity contribution in [2.45, 2.75) is 55.7 Å². The fourth-order valence-electron chi connectivity index (χ4n) is 1.68. The van der Waals surface area contributed by atoms with Gasteiger partial charge >= 0.3 is 0 Å². The van der Waals surface area contributed by atoms with Crippen molar-refractivity contribution in [2.75, 3.05) is 25.2 Å². The number of hydrogen-bond donors (Lipinski definition) is 4. The Balaban J connectivity index is 4.73. The molecular formula is C13H28O5S2. The highest BCUT2D eigenvalue weighted by Crippen LogP contribution is 2.31. The van der Waals surface area contributed by atoms with Gasteiger partial charge in [-0.1, -0.05) is 13.8 Å². The van der Waals surface area contributed by atoms with E-state index >= 15 is 0 Å². The molecule has 0 saturated heterocycles. The van der Waals surface area contributed by atoms with Gasteiger partial charge in [0.15, 0.2) is 0 Å². The summed E-state index contributed by atoms with van der Waals surface area (Å²) in [6, 6.07) is 0. The predicted molar refractivity (Wildman–Crippen MR) is 85.2 cm³/mol. The van der Waals surface area contributed by atoms with Crippen LogP contribution in [0.25, 0.3) is 0 Å². The quantitative estimate of drug-likeness (QED) is 0.392. The van der Waals surface area contributed by atoms with Crippen molar-refractivity contribution in [3.8, 4) is 0 Å². The molecule has 0 heterocycles. The molecule has 7 heteroatoms. The van der Waals surface area contributed by atoms with E-state index in [1.54, 1.807) is 23.5 Å². The molecule has 0 aromatic rings. The fraction of sp³-hybridized carbons (Fsp3) is 1.00.